The number of sulfone groups is 1. The Kier molecular flexibility index (Phi) is 4.27. The number of amides is 1. The normalized spacial score (nSPS) is 27.4. The highest BCUT2D eigenvalue weighted by atomic mass is 32.2. The fourth-order valence-corrected chi connectivity index (χ4v) is 7.07. The van der Waals surface area contributed by atoms with Crippen molar-refractivity contribution in [2.24, 2.45) is 4.99 Å². The second-order valence-electron chi connectivity index (χ2n) is 6.16. The van der Waals surface area contributed by atoms with E-state index < -0.39 is 9.84 Å². The van der Waals surface area contributed by atoms with Gasteiger partial charge in [0.25, 0.3) is 0 Å². The Morgan fingerprint density at radius 3 is 2.52 bits per heavy atom. The van der Waals surface area contributed by atoms with Crippen molar-refractivity contribution in [3.8, 4) is 0 Å². The van der Waals surface area contributed by atoms with Crippen LogP contribution in [-0.2, 0) is 14.6 Å². The number of carbonyl (C=O) groups excluding carboxylic acids is 1. The molecule has 2 saturated heterocycles. The van der Waals surface area contributed by atoms with E-state index >= 15 is 0 Å². The second-order valence-corrected chi connectivity index (χ2v) is 9.52. The second kappa shape index (κ2) is 5.94. The van der Waals surface area contributed by atoms with Crippen molar-refractivity contribution in [2.75, 3.05) is 16.4 Å². The number of hydrogen-bond acceptors (Lipinski definition) is 4. The lowest BCUT2D eigenvalue weighted by molar-refractivity contribution is -0.117. The number of aliphatic imine (C=N–C) groups is 1. The number of aryl methyl sites for hydroxylation is 2. The molecule has 3 rings (SSSR count). The van der Waals surface area contributed by atoms with Gasteiger partial charge in [0.05, 0.1) is 17.5 Å². The van der Waals surface area contributed by atoms with Crippen LogP contribution in [0.4, 0.5) is 5.69 Å². The molecule has 1 aromatic carbocycles. The van der Waals surface area contributed by atoms with Gasteiger partial charge < -0.3 is 4.90 Å². The van der Waals surface area contributed by atoms with Crippen LogP contribution in [0.2, 0.25) is 0 Å². The number of thioether (sulfide) groups is 1. The molecule has 1 aromatic rings. The minimum absolute atomic E-state index is 0.0516. The number of benzene rings is 1. The minimum atomic E-state index is -3.03. The Labute approximate surface area is 141 Å². The highest BCUT2D eigenvalue weighted by Crippen LogP contribution is 2.41. The fraction of sp³-hybridized carbons (Fsp3) is 0.500. The summed E-state index contributed by atoms with van der Waals surface area (Å²) in [6, 6.07) is 5.97. The Morgan fingerprint density at radius 2 is 1.91 bits per heavy atom. The van der Waals surface area contributed by atoms with Crippen molar-refractivity contribution in [1.82, 2.24) is 0 Å². The van der Waals surface area contributed by atoms with Gasteiger partial charge in [-0.1, -0.05) is 24.8 Å². The van der Waals surface area contributed by atoms with Crippen LogP contribution in [-0.4, -0.2) is 42.3 Å². The molecule has 1 amide bonds. The van der Waals surface area contributed by atoms with Gasteiger partial charge in [-0.2, -0.15) is 4.99 Å². The standard InChI is InChI=1S/C16H20N2O3S2/c1-4-15(19)17-16-18(12-6-10(2)5-11(3)7-12)13-8-23(20,21)9-14(13)22-16/h5-7,13-14H,4,8-9H2,1-3H3/t13-,14-/m0/s1. The summed E-state index contributed by atoms with van der Waals surface area (Å²) in [5.41, 5.74) is 3.13. The third-order valence-corrected chi connectivity index (χ3v) is 7.28. The molecule has 0 aliphatic carbocycles. The average molecular weight is 352 g/mol. The van der Waals surface area contributed by atoms with Crippen molar-refractivity contribution in [2.45, 2.75) is 38.5 Å². The summed E-state index contributed by atoms with van der Waals surface area (Å²) < 4.78 is 24.0. The summed E-state index contributed by atoms with van der Waals surface area (Å²) in [7, 11) is -3.03. The number of rotatable bonds is 2. The molecule has 2 aliphatic rings. The minimum Gasteiger partial charge on any atom is -0.316 e. The van der Waals surface area contributed by atoms with E-state index in [1.165, 1.54) is 11.8 Å². The molecule has 124 valence electrons. The number of carbonyl (C=O) groups is 1. The topological polar surface area (TPSA) is 66.8 Å². The molecule has 0 N–H and O–H groups in total. The average Bonchev–Trinajstić information content (AvgIpc) is 2.88. The lowest BCUT2D eigenvalue weighted by Crippen LogP contribution is -2.37. The molecule has 2 fully saturated rings. The number of fused-ring (bicyclic) bond motifs is 1. The molecule has 23 heavy (non-hydrogen) atoms. The van der Waals surface area contributed by atoms with E-state index in [2.05, 4.69) is 11.1 Å². The van der Waals surface area contributed by atoms with Gasteiger partial charge in [0.2, 0.25) is 5.91 Å². The number of amidine groups is 1. The smallest absolute Gasteiger partial charge is 0.247 e. The summed E-state index contributed by atoms with van der Waals surface area (Å²) in [6.07, 6.45) is 0.346. The van der Waals surface area contributed by atoms with E-state index in [1.54, 1.807) is 6.92 Å². The van der Waals surface area contributed by atoms with E-state index in [0.29, 0.717) is 11.6 Å². The van der Waals surface area contributed by atoms with Crippen LogP contribution in [0.5, 0.6) is 0 Å². The van der Waals surface area contributed by atoms with Crippen LogP contribution in [0, 0.1) is 13.8 Å². The van der Waals surface area contributed by atoms with Crippen molar-refractivity contribution in [3.05, 3.63) is 29.3 Å². The first-order valence-electron chi connectivity index (χ1n) is 7.65. The first-order valence-corrected chi connectivity index (χ1v) is 10.4. The number of nitrogens with zero attached hydrogens (tertiary/aromatic N) is 2. The summed E-state index contributed by atoms with van der Waals surface area (Å²) >= 11 is 1.42. The first-order chi connectivity index (χ1) is 10.8. The van der Waals surface area contributed by atoms with Gasteiger partial charge in [-0.15, -0.1) is 0 Å². The van der Waals surface area contributed by atoms with Gasteiger partial charge in [-0.05, 0) is 37.1 Å². The molecule has 0 spiro atoms. The molecule has 5 nitrogen and oxygen atoms in total. The van der Waals surface area contributed by atoms with E-state index in [-0.39, 0.29) is 28.7 Å². The van der Waals surface area contributed by atoms with Crippen molar-refractivity contribution >= 4 is 38.4 Å². The zero-order chi connectivity index (χ0) is 16.8. The fourth-order valence-electron chi connectivity index (χ4n) is 3.14. The highest BCUT2D eigenvalue weighted by Gasteiger charge is 2.49. The zero-order valence-corrected chi connectivity index (χ0v) is 15.1. The van der Waals surface area contributed by atoms with Gasteiger partial charge in [-0.3, -0.25) is 4.79 Å². The molecule has 2 aliphatic heterocycles. The van der Waals surface area contributed by atoms with Crippen LogP contribution in [0.15, 0.2) is 23.2 Å². The molecule has 0 saturated carbocycles. The summed E-state index contributed by atoms with van der Waals surface area (Å²) in [5.74, 6) is 0.102. The summed E-state index contributed by atoms with van der Waals surface area (Å²) in [4.78, 5) is 17.9. The number of hydrogen-bond donors (Lipinski definition) is 0. The largest absolute Gasteiger partial charge is 0.316 e. The van der Waals surface area contributed by atoms with Crippen LogP contribution in [0.1, 0.15) is 24.5 Å². The summed E-state index contributed by atoms with van der Waals surface area (Å²) in [6.45, 7) is 5.80. The van der Waals surface area contributed by atoms with Crippen molar-refractivity contribution in [1.29, 1.82) is 0 Å². The maximum Gasteiger partial charge on any atom is 0.247 e. The van der Waals surface area contributed by atoms with Gasteiger partial charge in [0.1, 0.15) is 0 Å². The maximum absolute atomic E-state index is 12.0. The quantitative estimate of drug-likeness (QED) is 0.817. The van der Waals surface area contributed by atoms with Crippen LogP contribution < -0.4 is 4.90 Å². The van der Waals surface area contributed by atoms with Crippen LogP contribution in [0.3, 0.4) is 0 Å². The zero-order valence-electron chi connectivity index (χ0n) is 13.4. The third kappa shape index (κ3) is 3.30. The van der Waals surface area contributed by atoms with Gasteiger partial charge in [0, 0.05) is 17.4 Å². The highest BCUT2D eigenvalue weighted by molar-refractivity contribution is 8.16. The Morgan fingerprint density at radius 1 is 1.26 bits per heavy atom. The first kappa shape index (κ1) is 16.5. The Bertz CT molecular complexity index is 766. The van der Waals surface area contributed by atoms with E-state index in [9.17, 15) is 13.2 Å². The molecule has 0 radical (unpaired) electrons. The van der Waals surface area contributed by atoms with Gasteiger partial charge >= 0.3 is 0 Å². The molecule has 0 aromatic heterocycles. The lowest BCUT2D eigenvalue weighted by Gasteiger charge is -2.25. The Hall–Kier alpha value is -1.34. The molecule has 2 atom stereocenters. The number of anilines is 1. The summed E-state index contributed by atoms with van der Waals surface area (Å²) in [5, 5.41) is 0.580. The molecule has 0 bridgehead atoms. The Balaban J connectivity index is 2.06. The van der Waals surface area contributed by atoms with Gasteiger partial charge in [0.15, 0.2) is 15.0 Å². The third-order valence-electron chi connectivity index (χ3n) is 4.07. The monoisotopic (exact) mass is 352 g/mol. The van der Waals surface area contributed by atoms with Crippen molar-refractivity contribution < 1.29 is 13.2 Å². The predicted octanol–water partition coefficient (Wildman–Crippen LogP) is 2.31. The molecular weight excluding hydrogens is 332 g/mol. The van der Waals surface area contributed by atoms with E-state index in [4.69, 9.17) is 0 Å². The van der Waals surface area contributed by atoms with E-state index in [0.717, 1.165) is 16.8 Å². The lowest BCUT2D eigenvalue weighted by atomic mass is 10.1. The molecule has 7 heteroatoms. The molecular formula is C16H20N2O3S2. The maximum atomic E-state index is 12.0. The van der Waals surface area contributed by atoms with Crippen molar-refractivity contribution in [3.63, 3.8) is 0 Å². The van der Waals surface area contributed by atoms with Crippen LogP contribution in [0.25, 0.3) is 0 Å². The molecule has 0 unspecified atom stereocenters. The molecule has 2 heterocycles. The van der Waals surface area contributed by atoms with E-state index in [1.807, 2.05) is 30.9 Å². The predicted molar refractivity (Wildman–Crippen MR) is 94.9 cm³/mol. The SMILES string of the molecule is CCC(=O)N=C1S[C@H]2CS(=O)(=O)C[C@@H]2N1c1cc(C)cc(C)c1. The van der Waals surface area contributed by atoms with Gasteiger partial charge in [-0.25, -0.2) is 8.42 Å². The van der Waals surface area contributed by atoms with Crippen LogP contribution >= 0.6 is 11.8 Å².